The van der Waals surface area contributed by atoms with Crippen LogP contribution in [0.5, 0.6) is 0 Å². The summed E-state index contributed by atoms with van der Waals surface area (Å²) in [6.07, 6.45) is 5.47. The quantitative estimate of drug-likeness (QED) is 0.723. The van der Waals surface area contributed by atoms with Gasteiger partial charge in [0.2, 0.25) is 0 Å². The highest BCUT2D eigenvalue weighted by Gasteiger charge is 2.00. The zero-order valence-corrected chi connectivity index (χ0v) is 8.35. The van der Waals surface area contributed by atoms with E-state index < -0.39 is 0 Å². The summed E-state index contributed by atoms with van der Waals surface area (Å²) in [4.78, 5) is 4.04. The zero-order valence-electron chi connectivity index (χ0n) is 7.60. The highest BCUT2D eigenvalue weighted by atomic mass is 35.5. The van der Waals surface area contributed by atoms with Crippen molar-refractivity contribution in [2.75, 3.05) is 5.88 Å². The predicted molar refractivity (Wildman–Crippen MR) is 56.2 cm³/mol. The van der Waals surface area contributed by atoms with Crippen molar-refractivity contribution >= 4 is 11.6 Å². The normalized spacial score (nSPS) is 10.4. The van der Waals surface area contributed by atoms with Crippen LogP contribution in [0.1, 0.15) is 0 Å². The summed E-state index contributed by atoms with van der Waals surface area (Å²) < 4.78 is 1.83. The molecule has 0 saturated heterocycles. The molecule has 14 heavy (non-hydrogen) atoms. The lowest BCUT2D eigenvalue weighted by Gasteiger charge is -1.96. The molecule has 0 aliphatic carbocycles. The molecule has 72 valence electrons. The number of rotatable bonds is 3. The molecule has 2 rings (SSSR count). The number of aromatic nitrogens is 3. The van der Waals surface area contributed by atoms with Crippen LogP contribution in [0.4, 0.5) is 0 Å². The van der Waals surface area contributed by atoms with Gasteiger partial charge in [-0.2, -0.15) is 5.10 Å². The molecule has 4 heteroatoms. The fourth-order valence-corrected chi connectivity index (χ4v) is 1.41. The van der Waals surface area contributed by atoms with E-state index in [1.54, 1.807) is 12.4 Å². The van der Waals surface area contributed by atoms with Crippen LogP contribution in [0.2, 0.25) is 0 Å². The molecule has 3 nitrogen and oxygen atoms in total. The van der Waals surface area contributed by atoms with E-state index in [1.165, 1.54) is 0 Å². The van der Waals surface area contributed by atoms with Crippen molar-refractivity contribution < 1.29 is 0 Å². The number of pyridine rings is 1. The van der Waals surface area contributed by atoms with Crippen LogP contribution >= 0.6 is 11.6 Å². The summed E-state index contributed by atoms with van der Waals surface area (Å²) in [5.74, 6) is 0.578. The minimum Gasteiger partial charge on any atom is -0.271 e. The van der Waals surface area contributed by atoms with Gasteiger partial charge in [-0.1, -0.05) is 0 Å². The van der Waals surface area contributed by atoms with E-state index in [1.807, 2.05) is 29.1 Å². The van der Waals surface area contributed by atoms with Crippen molar-refractivity contribution in [1.82, 2.24) is 14.8 Å². The van der Waals surface area contributed by atoms with Crippen LogP contribution in [0.25, 0.3) is 11.3 Å². The Morgan fingerprint density at radius 3 is 3.00 bits per heavy atom. The number of aryl methyl sites for hydroxylation is 1. The third kappa shape index (κ3) is 1.93. The first-order valence-electron chi connectivity index (χ1n) is 4.40. The van der Waals surface area contributed by atoms with Gasteiger partial charge in [0.15, 0.2) is 0 Å². The summed E-state index contributed by atoms with van der Waals surface area (Å²) in [5.41, 5.74) is 1.96. The maximum atomic E-state index is 5.62. The lowest BCUT2D eigenvalue weighted by molar-refractivity contribution is 0.666. The molecular formula is C10H10ClN3. The molecule has 0 bridgehead atoms. The van der Waals surface area contributed by atoms with Crippen LogP contribution in [-0.4, -0.2) is 20.6 Å². The zero-order chi connectivity index (χ0) is 9.80. The van der Waals surface area contributed by atoms with Crippen LogP contribution in [0.3, 0.4) is 0 Å². The Morgan fingerprint density at radius 2 is 2.29 bits per heavy atom. The van der Waals surface area contributed by atoms with Gasteiger partial charge in [0, 0.05) is 30.0 Å². The Kier molecular flexibility index (Phi) is 2.79. The Balaban J connectivity index is 2.25. The highest BCUT2D eigenvalue weighted by molar-refractivity contribution is 6.17. The summed E-state index contributed by atoms with van der Waals surface area (Å²) in [6.45, 7) is 0.738. The summed E-state index contributed by atoms with van der Waals surface area (Å²) in [5, 5.41) is 4.36. The Hall–Kier alpha value is -1.35. The molecule has 0 fully saturated rings. The first-order chi connectivity index (χ1) is 6.90. The van der Waals surface area contributed by atoms with Crippen LogP contribution in [0.15, 0.2) is 36.8 Å². The number of nitrogens with zero attached hydrogens (tertiary/aromatic N) is 3. The molecule has 0 amide bonds. The molecule has 0 aliphatic heterocycles. The standard InChI is InChI=1S/C10H10ClN3/c11-4-7-14-6-3-10(13-14)9-2-1-5-12-8-9/h1-3,5-6,8H,4,7H2. The van der Waals surface area contributed by atoms with Crippen molar-refractivity contribution in [3.05, 3.63) is 36.8 Å². The van der Waals surface area contributed by atoms with Crippen molar-refractivity contribution in [2.45, 2.75) is 6.54 Å². The van der Waals surface area contributed by atoms with E-state index in [4.69, 9.17) is 11.6 Å². The second-order valence-electron chi connectivity index (χ2n) is 2.89. The van der Waals surface area contributed by atoms with Gasteiger partial charge < -0.3 is 0 Å². The van der Waals surface area contributed by atoms with Gasteiger partial charge in [0.05, 0.1) is 12.2 Å². The maximum absolute atomic E-state index is 5.62. The molecule has 0 N–H and O–H groups in total. The third-order valence-corrected chi connectivity index (χ3v) is 2.08. The van der Waals surface area contributed by atoms with Crippen molar-refractivity contribution in [3.8, 4) is 11.3 Å². The summed E-state index contributed by atoms with van der Waals surface area (Å²) in [7, 11) is 0. The van der Waals surface area contributed by atoms with Crippen LogP contribution in [-0.2, 0) is 6.54 Å². The van der Waals surface area contributed by atoms with Gasteiger partial charge >= 0.3 is 0 Å². The molecule has 0 saturated carbocycles. The molecule has 0 spiro atoms. The van der Waals surface area contributed by atoms with E-state index in [9.17, 15) is 0 Å². The van der Waals surface area contributed by atoms with E-state index in [0.29, 0.717) is 5.88 Å². The van der Waals surface area contributed by atoms with Crippen molar-refractivity contribution in [2.24, 2.45) is 0 Å². The fourth-order valence-electron chi connectivity index (χ4n) is 1.24. The second kappa shape index (κ2) is 4.24. The van der Waals surface area contributed by atoms with Gasteiger partial charge in [-0.15, -0.1) is 11.6 Å². The van der Waals surface area contributed by atoms with E-state index in [-0.39, 0.29) is 0 Å². The van der Waals surface area contributed by atoms with Gasteiger partial charge in [0.1, 0.15) is 0 Å². The predicted octanol–water partition coefficient (Wildman–Crippen LogP) is 2.18. The number of alkyl halides is 1. The first-order valence-corrected chi connectivity index (χ1v) is 4.93. The topological polar surface area (TPSA) is 30.7 Å². The summed E-state index contributed by atoms with van der Waals surface area (Å²) >= 11 is 5.62. The SMILES string of the molecule is ClCCn1ccc(-c2cccnc2)n1. The lowest BCUT2D eigenvalue weighted by Crippen LogP contribution is -1.99. The van der Waals surface area contributed by atoms with E-state index >= 15 is 0 Å². The number of halogens is 1. The molecule has 0 aliphatic rings. The third-order valence-electron chi connectivity index (χ3n) is 1.91. The van der Waals surface area contributed by atoms with Crippen molar-refractivity contribution in [3.63, 3.8) is 0 Å². The monoisotopic (exact) mass is 207 g/mol. The smallest absolute Gasteiger partial charge is 0.0938 e. The Bertz CT molecular complexity index is 397. The molecular weight excluding hydrogens is 198 g/mol. The first kappa shape index (κ1) is 9.21. The Morgan fingerprint density at radius 1 is 1.36 bits per heavy atom. The molecule has 0 aromatic carbocycles. The molecule has 0 unspecified atom stereocenters. The second-order valence-corrected chi connectivity index (χ2v) is 3.27. The molecule has 0 atom stereocenters. The Labute approximate surface area is 87.3 Å². The molecule has 2 heterocycles. The van der Waals surface area contributed by atoms with Crippen LogP contribution < -0.4 is 0 Å². The average molecular weight is 208 g/mol. The summed E-state index contributed by atoms with van der Waals surface area (Å²) in [6, 6.07) is 5.85. The number of hydrogen-bond acceptors (Lipinski definition) is 2. The molecule has 2 aromatic rings. The number of hydrogen-bond donors (Lipinski definition) is 0. The minimum atomic E-state index is 0.578. The fraction of sp³-hybridized carbons (Fsp3) is 0.200. The average Bonchev–Trinajstić information content (AvgIpc) is 2.68. The minimum absolute atomic E-state index is 0.578. The van der Waals surface area contributed by atoms with Crippen molar-refractivity contribution in [1.29, 1.82) is 0 Å². The largest absolute Gasteiger partial charge is 0.271 e. The van der Waals surface area contributed by atoms with Crippen LogP contribution in [0, 0.1) is 0 Å². The van der Waals surface area contributed by atoms with Gasteiger partial charge in [-0.3, -0.25) is 9.67 Å². The van der Waals surface area contributed by atoms with E-state index in [2.05, 4.69) is 10.1 Å². The highest BCUT2D eigenvalue weighted by Crippen LogP contribution is 2.14. The van der Waals surface area contributed by atoms with Gasteiger partial charge in [-0.25, -0.2) is 0 Å². The lowest BCUT2D eigenvalue weighted by atomic mass is 10.2. The molecule has 2 aromatic heterocycles. The molecule has 0 radical (unpaired) electrons. The van der Waals surface area contributed by atoms with E-state index in [0.717, 1.165) is 17.8 Å². The van der Waals surface area contributed by atoms with Gasteiger partial charge in [0.25, 0.3) is 0 Å². The van der Waals surface area contributed by atoms with Gasteiger partial charge in [-0.05, 0) is 18.2 Å². The maximum Gasteiger partial charge on any atom is 0.0938 e.